The fraction of sp³-hybridized carbons (Fsp3) is 0.600. The Morgan fingerprint density at radius 3 is 2.56 bits per heavy atom. The minimum absolute atomic E-state index is 0.0311. The topological polar surface area (TPSA) is 43.9 Å². The average Bonchev–Trinajstić information content (AvgIpc) is 2.66. The highest BCUT2D eigenvalue weighted by atomic mass is 16.2. The Morgan fingerprint density at radius 1 is 1.04 bits per heavy atom. The molecule has 5 nitrogen and oxygen atoms in total. The van der Waals surface area contributed by atoms with Crippen molar-refractivity contribution in [3.8, 4) is 0 Å². The normalized spacial score (nSPS) is 24.2. The van der Waals surface area contributed by atoms with E-state index in [1.165, 1.54) is 0 Å². The lowest BCUT2D eigenvalue weighted by Gasteiger charge is -2.44. The maximum absolute atomic E-state index is 12.9. The molecule has 0 aliphatic carbocycles. The van der Waals surface area contributed by atoms with Crippen LogP contribution in [0.3, 0.4) is 0 Å². The van der Waals surface area contributed by atoms with Gasteiger partial charge in [0, 0.05) is 32.2 Å². The van der Waals surface area contributed by atoms with Gasteiger partial charge in [0.05, 0.1) is 11.4 Å². The highest BCUT2D eigenvalue weighted by Crippen LogP contribution is 2.39. The molecule has 4 rings (SSSR count). The van der Waals surface area contributed by atoms with Gasteiger partial charge in [0.15, 0.2) is 0 Å². The monoisotopic (exact) mass is 341 g/mol. The van der Waals surface area contributed by atoms with E-state index in [-0.39, 0.29) is 17.9 Å². The summed E-state index contributed by atoms with van der Waals surface area (Å²) < 4.78 is 0. The lowest BCUT2D eigenvalue weighted by atomic mass is 9.95. The van der Waals surface area contributed by atoms with Gasteiger partial charge in [-0.1, -0.05) is 6.92 Å². The molecule has 3 aliphatic rings. The third-order valence-corrected chi connectivity index (χ3v) is 6.08. The molecule has 2 saturated heterocycles. The zero-order valence-corrected chi connectivity index (χ0v) is 15.2. The molecule has 1 unspecified atom stereocenters. The Hall–Kier alpha value is -2.04. The molecule has 0 saturated carbocycles. The van der Waals surface area contributed by atoms with E-state index in [1.807, 2.05) is 30.1 Å². The first-order valence-electron chi connectivity index (χ1n) is 9.54. The molecule has 1 aromatic rings. The molecule has 1 aromatic carbocycles. The molecule has 0 spiro atoms. The van der Waals surface area contributed by atoms with Crippen LogP contribution in [0.4, 0.5) is 11.4 Å². The molecule has 0 radical (unpaired) electrons. The summed E-state index contributed by atoms with van der Waals surface area (Å²) >= 11 is 0. The van der Waals surface area contributed by atoms with E-state index in [4.69, 9.17) is 0 Å². The predicted octanol–water partition coefficient (Wildman–Crippen LogP) is 2.89. The quantitative estimate of drug-likeness (QED) is 0.789. The number of carbonyl (C=O) groups is 2. The molecule has 2 amide bonds. The van der Waals surface area contributed by atoms with E-state index < -0.39 is 0 Å². The van der Waals surface area contributed by atoms with Crippen LogP contribution in [0, 0.1) is 5.92 Å². The molecule has 0 aromatic heterocycles. The van der Waals surface area contributed by atoms with Crippen LogP contribution in [-0.2, 0) is 4.79 Å². The number of piperidine rings is 2. The van der Waals surface area contributed by atoms with Gasteiger partial charge in [-0.2, -0.15) is 0 Å². The molecule has 1 atom stereocenters. The van der Waals surface area contributed by atoms with Crippen LogP contribution in [-0.4, -0.2) is 49.4 Å². The van der Waals surface area contributed by atoms with Gasteiger partial charge in [0.25, 0.3) is 5.91 Å². The number of hydrogen-bond donors (Lipinski definition) is 0. The van der Waals surface area contributed by atoms with Gasteiger partial charge >= 0.3 is 0 Å². The summed E-state index contributed by atoms with van der Waals surface area (Å²) in [4.78, 5) is 31.5. The number of fused-ring (bicyclic) bond motifs is 3. The van der Waals surface area contributed by atoms with Crippen molar-refractivity contribution in [3.63, 3.8) is 0 Å². The van der Waals surface area contributed by atoms with Crippen LogP contribution in [0.5, 0.6) is 0 Å². The highest BCUT2D eigenvalue weighted by Gasteiger charge is 2.38. The number of carbonyl (C=O) groups excluding carboxylic acids is 2. The van der Waals surface area contributed by atoms with Gasteiger partial charge in [0.1, 0.15) is 6.04 Å². The Kier molecular flexibility index (Phi) is 4.18. The summed E-state index contributed by atoms with van der Waals surface area (Å²) in [6, 6.07) is 5.86. The van der Waals surface area contributed by atoms with Gasteiger partial charge in [-0.05, 0) is 56.2 Å². The SMILES string of the molecule is CC1CCN(C(=O)c2ccc3c(c2)N(C)C(=O)C2CCCCN32)CC1. The number of rotatable bonds is 1. The van der Waals surface area contributed by atoms with E-state index in [2.05, 4.69) is 11.8 Å². The van der Waals surface area contributed by atoms with Crippen molar-refractivity contribution in [3.05, 3.63) is 23.8 Å². The second-order valence-corrected chi connectivity index (χ2v) is 7.78. The lowest BCUT2D eigenvalue weighted by Crippen LogP contribution is -2.54. The van der Waals surface area contributed by atoms with E-state index in [0.717, 1.165) is 63.1 Å². The zero-order chi connectivity index (χ0) is 17.6. The Bertz CT molecular complexity index is 694. The summed E-state index contributed by atoms with van der Waals surface area (Å²) in [5.74, 6) is 0.951. The van der Waals surface area contributed by atoms with Crippen LogP contribution < -0.4 is 9.80 Å². The second kappa shape index (κ2) is 6.36. The molecule has 25 heavy (non-hydrogen) atoms. The molecule has 5 heteroatoms. The van der Waals surface area contributed by atoms with E-state index in [9.17, 15) is 9.59 Å². The van der Waals surface area contributed by atoms with Crippen molar-refractivity contribution in [2.24, 2.45) is 5.92 Å². The number of amides is 2. The number of anilines is 2. The van der Waals surface area contributed by atoms with Crippen LogP contribution >= 0.6 is 0 Å². The van der Waals surface area contributed by atoms with Crippen LogP contribution in [0.25, 0.3) is 0 Å². The fourth-order valence-electron chi connectivity index (χ4n) is 4.38. The molecular weight excluding hydrogens is 314 g/mol. The molecule has 0 N–H and O–H groups in total. The van der Waals surface area contributed by atoms with Gasteiger partial charge < -0.3 is 14.7 Å². The molecule has 3 aliphatic heterocycles. The molecular formula is C20H27N3O2. The Balaban J connectivity index is 1.63. The maximum Gasteiger partial charge on any atom is 0.253 e. The lowest BCUT2D eigenvalue weighted by molar-refractivity contribution is -0.120. The first-order chi connectivity index (χ1) is 12.1. The number of nitrogens with zero attached hydrogens (tertiary/aromatic N) is 3. The highest BCUT2D eigenvalue weighted by molar-refractivity contribution is 6.07. The van der Waals surface area contributed by atoms with Gasteiger partial charge in [-0.3, -0.25) is 9.59 Å². The summed E-state index contributed by atoms with van der Waals surface area (Å²) in [7, 11) is 1.84. The Morgan fingerprint density at radius 2 is 1.80 bits per heavy atom. The summed E-state index contributed by atoms with van der Waals surface area (Å²) in [5, 5.41) is 0. The minimum atomic E-state index is -0.0311. The standard InChI is InChI=1S/C20H27N3O2/c1-14-8-11-22(12-9-14)19(24)15-6-7-16-18(13-15)21(2)20(25)17-5-3-4-10-23(16)17/h6-7,13-14,17H,3-5,8-12H2,1-2H3. The van der Waals surface area contributed by atoms with Crippen LogP contribution in [0.1, 0.15) is 49.4 Å². The van der Waals surface area contributed by atoms with Crippen molar-refractivity contribution in [1.29, 1.82) is 0 Å². The zero-order valence-electron chi connectivity index (χ0n) is 15.2. The van der Waals surface area contributed by atoms with E-state index in [1.54, 1.807) is 4.90 Å². The van der Waals surface area contributed by atoms with Crippen LogP contribution in [0.2, 0.25) is 0 Å². The summed E-state index contributed by atoms with van der Waals surface area (Å²) in [6.45, 7) is 4.84. The third-order valence-electron chi connectivity index (χ3n) is 6.08. The average molecular weight is 341 g/mol. The first kappa shape index (κ1) is 16.4. The largest absolute Gasteiger partial charge is 0.358 e. The number of hydrogen-bond acceptors (Lipinski definition) is 3. The smallest absolute Gasteiger partial charge is 0.253 e. The van der Waals surface area contributed by atoms with Crippen molar-refractivity contribution < 1.29 is 9.59 Å². The fourth-order valence-corrected chi connectivity index (χ4v) is 4.38. The van der Waals surface area contributed by atoms with Crippen molar-refractivity contribution in [1.82, 2.24) is 4.90 Å². The van der Waals surface area contributed by atoms with Gasteiger partial charge in [-0.25, -0.2) is 0 Å². The number of likely N-dealkylation sites (N-methyl/N-ethyl adjacent to an activating group) is 1. The first-order valence-corrected chi connectivity index (χ1v) is 9.54. The maximum atomic E-state index is 12.9. The third kappa shape index (κ3) is 2.79. The number of likely N-dealkylation sites (tertiary alicyclic amines) is 1. The molecule has 3 heterocycles. The van der Waals surface area contributed by atoms with Gasteiger partial charge in [-0.15, -0.1) is 0 Å². The molecule has 0 bridgehead atoms. The Labute approximate surface area is 149 Å². The predicted molar refractivity (Wildman–Crippen MR) is 99.1 cm³/mol. The van der Waals surface area contributed by atoms with Crippen molar-refractivity contribution in [2.45, 2.75) is 45.1 Å². The van der Waals surface area contributed by atoms with Crippen LogP contribution in [0.15, 0.2) is 18.2 Å². The van der Waals surface area contributed by atoms with E-state index in [0.29, 0.717) is 11.5 Å². The van der Waals surface area contributed by atoms with Crippen molar-refractivity contribution >= 4 is 23.2 Å². The van der Waals surface area contributed by atoms with E-state index >= 15 is 0 Å². The van der Waals surface area contributed by atoms with Crippen molar-refractivity contribution in [2.75, 3.05) is 36.5 Å². The summed E-state index contributed by atoms with van der Waals surface area (Å²) in [6.07, 6.45) is 5.31. The molecule has 134 valence electrons. The van der Waals surface area contributed by atoms with Gasteiger partial charge in [0.2, 0.25) is 5.91 Å². The summed E-state index contributed by atoms with van der Waals surface area (Å²) in [5.41, 5.74) is 2.67. The second-order valence-electron chi connectivity index (χ2n) is 7.78. The number of benzene rings is 1. The molecule has 2 fully saturated rings. The minimum Gasteiger partial charge on any atom is -0.358 e.